The van der Waals surface area contributed by atoms with Crippen LogP contribution in [0.15, 0.2) is 24.4 Å². The molecule has 2 rings (SSSR count). The molecule has 2 heteroatoms. The van der Waals surface area contributed by atoms with E-state index in [9.17, 15) is 0 Å². The third-order valence-electron chi connectivity index (χ3n) is 2.18. The zero-order valence-corrected chi connectivity index (χ0v) is 6.96. The van der Waals surface area contributed by atoms with Crippen LogP contribution in [-0.4, -0.2) is 11.5 Å². The van der Waals surface area contributed by atoms with Crippen LogP contribution in [-0.2, 0) is 6.42 Å². The molecule has 1 aromatic heterocycles. The first-order valence-electron chi connectivity index (χ1n) is 4.25. The Hall–Kier alpha value is -1.15. The quantitative estimate of drug-likeness (QED) is 0.709. The van der Waals surface area contributed by atoms with Crippen molar-refractivity contribution in [2.24, 2.45) is 5.73 Å². The van der Waals surface area contributed by atoms with Crippen LogP contribution >= 0.6 is 0 Å². The SMILES string of the molecule is NCCC1=CCc2cccnc21. The van der Waals surface area contributed by atoms with Crippen LogP contribution < -0.4 is 5.73 Å². The second-order valence-corrected chi connectivity index (χ2v) is 2.98. The highest BCUT2D eigenvalue weighted by molar-refractivity contribution is 5.70. The smallest absolute Gasteiger partial charge is 0.0694 e. The first-order valence-corrected chi connectivity index (χ1v) is 4.25. The van der Waals surface area contributed by atoms with Gasteiger partial charge in [-0.3, -0.25) is 4.98 Å². The molecule has 2 N–H and O–H groups in total. The maximum Gasteiger partial charge on any atom is 0.0694 e. The summed E-state index contributed by atoms with van der Waals surface area (Å²) in [5.74, 6) is 0. The summed E-state index contributed by atoms with van der Waals surface area (Å²) >= 11 is 0. The van der Waals surface area contributed by atoms with E-state index >= 15 is 0 Å². The van der Waals surface area contributed by atoms with Crippen molar-refractivity contribution in [3.63, 3.8) is 0 Å². The first-order chi connectivity index (χ1) is 5.92. The highest BCUT2D eigenvalue weighted by atomic mass is 14.7. The third kappa shape index (κ3) is 1.14. The molecule has 0 bridgehead atoms. The molecule has 0 fully saturated rings. The Morgan fingerprint density at radius 3 is 3.25 bits per heavy atom. The Morgan fingerprint density at radius 2 is 2.42 bits per heavy atom. The lowest BCUT2D eigenvalue weighted by Crippen LogP contribution is -2.00. The molecule has 0 unspecified atom stereocenters. The lowest BCUT2D eigenvalue weighted by Gasteiger charge is -2.01. The molecule has 0 atom stereocenters. The van der Waals surface area contributed by atoms with Gasteiger partial charge in [0, 0.05) is 6.20 Å². The van der Waals surface area contributed by atoms with Crippen LogP contribution in [0, 0.1) is 0 Å². The van der Waals surface area contributed by atoms with Gasteiger partial charge in [-0.25, -0.2) is 0 Å². The Labute approximate surface area is 72.1 Å². The van der Waals surface area contributed by atoms with Gasteiger partial charge in [-0.1, -0.05) is 12.1 Å². The number of hydrogen-bond acceptors (Lipinski definition) is 2. The van der Waals surface area contributed by atoms with E-state index in [0.717, 1.165) is 18.5 Å². The molecule has 0 aromatic carbocycles. The van der Waals surface area contributed by atoms with Crippen molar-refractivity contribution in [2.75, 3.05) is 6.54 Å². The van der Waals surface area contributed by atoms with E-state index in [4.69, 9.17) is 5.73 Å². The van der Waals surface area contributed by atoms with Gasteiger partial charge in [-0.05, 0) is 36.6 Å². The molecule has 1 aliphatic carbocycles. The number of aromatic nitrogens is 1. The number of rotatable bonds is 2. The molecule has 1 aliphatic rings. The van der Waals surface area contributed by atoms with Gasteiger partial charge in [0.15, 0.2) is 0 Å². The summed E-state index contributed by atoms with van der Waals surface area (Å²) in [5, 5.41) is 0. The average Bonchev–Trinajstić information content (AvgIpc) is 2.50. The minimum absolute atomic E-state index is 0.710. The molecule has 0 saturated heterocycles. The molecule has 12 heavy (non-hydrogen) atoms. The lowest BCUT2D eigenvalue weighted by molar-refractivity contribution is 1.01. The Balaban J connectivity index is 2.32. The van der Waals surface area contributed by atoms with E-state index in [1.54, 1.807) is 0 Å². The number of nitrogens with two attached hydrogens (primary N) is 1. The normalized spacial score (nSPS) is 14.2. The largest absolute Gasteiger partial charge is 0.330 e. The molecule has 62 valence electrons. The second-order valence-electron chi connectivity index (χ2n) is 2.98. The lowest BCUT2D eigenvalue weighted by atomic mass is 10.1. The molecule has 0 amide bonds. The van der Waals surface area contributed by atoms with E-state index in [-0.39, 0.29) is 0 Å². The Kier molecular flexibility index (Phi) is 1.92. The molecule has 0 radical (unpaired) electrons. The minimum Gasteiger partial charge on any atom is -0.330 e. The predicted octanol–water partition coefficient (Wildman–Crippen LogP) is 1.37. The maximum absolute atomic E-state index is 5.50. The summed E-state index contributed by atoms with van der Waals surface area (Å²) in [6.45, 7) is 0.710. The average molecular weight is 160 g/mol. The summed E-state index contributed by atoms with van der Waals surface area (Å²) in [6, 6.07) is 4.11. The zero-order chi connectivity index (χ0) is 8.39. The molecular weight excluding hydrogens is 148 g/mol. The molecular formula is C10H12N2. The number of hydrogen-bond donors (Lipinski definition) is 1. The van der Waals surface area contributed by atoms with Crippen molar-refractivity contribution >= 4 is 5.57 Å². The topological polar surface area (TPSA) is 38.9 Å². The highest BCUT2D eigenvalue weighted by Crippen LogP contribution is 2.26. The predicted molar refractivity (Wildman–Crippen MR) is 49.6 cm³/mol. The fourth-order valence-electron chi connectivity index (χ4n) is 1.60. The van der Waals surface area contributed by atoms with E-state index in [2.05, 4.69) is 17.1 Å². The molecule has 2 nitrogen and oxygen atoms in total. The number of pyridine rings is 1. The molecule has 0 saturated carbocycles. The van der Waals surface area contributed by atoms with Crippen molar-refractivity contribution in [1.82, 2.24) is 4.98 Å². The van der Waals surface area contributed by atoms with Crippen LogP contribution in [0.3, 0.4) is 0 Å². The fraction of sp³-hybridized carbons (Fsp3) is 0.300. The summed E-state index contributed by atoms with van der Waals surface area (Å²) in [4.78, 5) is 4.34. The second kappa shape index (κ2) is 3.07. The van der Waals surface area contributed by atoms with Crippen LogP contribution in [0.25, 0.3) is 5.57 Å². The zero-order valence-electron chi connectivity index (χ0n) is 6.96. The summed E-state index contributed by atoms with van der Waals surface area (Å²) in [6.07, 6.45) is 6.04. The molecule has 0 spiro atoms. The van der Waals surface area contributed by atoms with Crippen LogP contribution in [0.5, 0.6) is 0 Å². The van der Waals surface area contributed by atoms with Gasteiger partial charge in [0.1, 0.15) is 0 Å². The highest BCUT2D eigenvalue weighted by Gasteiger charge is 2.12. The first kappa shape index (κ1) is 7.50. The maximum atomic E-state index is 5.50. The van der Waals surface area contributed by atoms with Gasteiger partial charge in [0.25, 0.3) is 0 Å². The standard InChI is InChI=1S/C10H12N2/c11-6-5-9-4-3-8-2-1-7-12-10(8)9/h1-2,4,7H,3,5-6,11H2. The van der Waals surface area contributed by atoms with Crippen LogP contribution in [0.4, 0.5) is 0 Å². The van der Waals surface area contributed by atoms with Gasteiger partial charge in [0.05, 0.1) is 5.69 Å². The van der Waals surface area contributed by atoms with Gasteiger partial charge in [0.2, 0.25) is 0 Å². The molecule has 1 heterocycles. The van der Waals surface area contributed by atoms with E-state index in [1.165, 1.54) is 11.1 Å². The summed E-state index contributed by atoms with van der Waals surface area (Å²) in [5.41, 5.74) is 9.30. The summed E-state index contributed by atoms with van der Waals surface area (Å²) < 4.78 is 0. The van der Waals surface area contributed by atoms with E-state index < -0.39 is 0 Å². The van der Waals surface area contributed by atoms with E-state index in [0.29, 0.717) is 6.54 Å². The molecule has 1 aromatic rings. The number of allylic oxidation sites excluding steroid dienone is 1. The fourth-order valence-corrected chi connectivity index (χ4v) is 1.60. The van der Waals surface area contributed by atoms with E-state index in [1.807, 2.05) is 12.3 Å². The number of nitrogens with zero attached hydrogens (tertiary/aromatic N) is 1. The third-order valence-corrected chi connectivity index (χ3v) is 2.18. The van der Waals surface area contributed by atoms with Crippen molar-refractivity contribution in [3.05, 3.63) is 35.7 Å². The Morgan fingerprint density at radius 1 is 1.50 bits per heavy atom. The van der Waals surface area contributed by atoms with Crippen molar-refractivity contribution < 1.29 is 0 Å². The van der Waals surface area contributed by atoms with Gasteiger partial charge < -0.3 is 5.73 Å². The monoisotopic (exact) mass is 160 g/mol. The van der Waals surface area contributed by atoms with Crippen molar-refractivity contribution in [1.29, 1.82) is 0 Å². The van der Waals surface area contributed by atoms with Gasteiger partial charge in [-0.15, -0.1) is 0 Å². The van der Waals surface area contributed by atoms with Crippen LogP contribution in [0.2, 0.25) is 0 Å². The number of fused-ring (bicyclic) bond motifs is 1. The van der Waals surface area contributed by atoms with Gasteiger partial charge in [-0.2, -0.15) is 0 Å². The van der Waals surface area contributed by atoms with Crippen molar-refractivity contribution in [2.45, 2.75) is 12.8 Å². The minimum atomic E-state index is 0.710. The Bertz CT molecular complexity index is 315. The van der Waals surface area contributed by atoms with Crippen LogP contribution in [0.1, 0.15) is 17.7 Å². The summed E-state index contributed by atoms with van der Waals surface area (Å²) in [7, 11) is 0. The molecule has 0 aliphatic heterocycles. The van der Waals surface area contributed by atoms with Crippen molar-refractivity contribution in [3.8, 4) is 0 Å². The van der Waals surface area contributed by atoms with Gasteiger partial charge >= 0.3 is 0 Å².